The maximum atomic E-state index is 5.33. The zero-order valence-corrected chi connectivity index (χ0v) is 18.4. The average Bonchev–Trinajstić information content (AvgIpc) is 2.94. The summed E-state index contributed by atoms with van der Waals surface area (Å²) in [6.45, 7) is 15.9. The molecule has 0 radical (unpaired) electrons. The van der Waals surface area contributed by atoms with Gasteiger partial charge in [-0.1, -0.05) is 57.2 Å². The quantitative estimate of drug-likeness (QED) is 0.531. The van der Waals surface area contributed by atoms with E-state index in [0.29, 0.717) is 5.92 Å². The molecule has 2 bridgehead atoms. The van der Waals surface area contributed by atoms with Crippen molar-refractivity contribution in [1.29, 1.82) is 0 Å². The van der Waals surface area contributed by atoms with E-state index in [-0.39, 0.29) is 10.8 Å². The van der Waals surface area contributed by atoms with Crippen molar-refractivity contribution in [3.8, 4) is 0 Å². The van der Waals surface area contributed by atoms with Crippen molar-refractivity contribution in [2.24, 2.45) is 26.7 Å². The summed E-state index contributed by atoms with van der Waals surface area (Å²) in [7, 11) is 0. The van der Waals surface area contributed by atoms with Crippen molar-refractivity contribution in [2.75, 3.05) is 0 Å². The molecule has 0 aromatic heterocycles. The van der Waals surface area contributed by atoms with E-state index >= 15 is 0 Å². The van der Waals surface area contributed by atoms with Gasteiger partial charge in [-0.15, -0.1) is 0 Å². The molecule has 2 nitrogen and oxygen atoms in total. The standard InChI is InChI=1S/C26H32N2/c1-16-10-8-11-17(2)21(16)27-23-20-14-15-26(7,25(20,5)6)24(23)28-22-18(3)12-9-13-19(22)4/h8-13,20H,14-15H2,1-7H3/t20-,26-/m0/s1. The molecule has 0 aliphatic heterocycles. The molecule has 4 rings (SSSR count). The first kappa shape index (κ1) is 19.1. The van der Waals surface area contributed by atoms with Crippen LogP contribution in [0, 0.1) is 44.4 Å². The number of hydrogen-bond acceptors (Lipinski definition) is 2. The number of rotatable bonds is 2. The fraction of sp³-hybridized carbons (Fsp3) is 0.462. The summed E-state index contributed by atoms with van der Waals surface area (Å²) in [4.78, 5) is 10.6. The summed E-state index contributed by atoms with van der Waals surface area (Å²) in [6, 6.07) is 12.9. The molecule has 2 aliphatic rings. The van der Waals surface area contributed by atoms with Gasteiger partial charge in [0.05, 0.1) is 22.8 Å². The first-order chi connectivity index (χ1) is 13.2. The van der Waals surface area contributed by atoms with Gasteiger partial charge >= 0.3 is 0 Å². The SMILES string of the molecule is Cc1cccc(C)c1N=C1C(=Nc2c(C)cccc2C)[C@]2(C)CC[C@@H]1C2(C)C. The van der Waals surface area contributed by atoms with Crippen LogP contribution in [0.4, 0.5) is 11.4 Å². The van der Waals surface area contributed by atoms with Gasteiger partial charge in [-0.25, -0.2) is 0 Å². The second-order valence-corrected chi connectivity index (χ2v) is 9.58. The molecule has 0 heterocycles. The van der Waals surface area contributed by atoms with Crippen molar-refractivity contribution in [3.05, 3.63) is 58.7 Å². The smallest absolute Gasteiger partial charge is 0.0693 e. The van der Waals surface area contributed by atoms with Crippen LogP contribution in [0.3, 0.4) is 0 Å². The number of nitrogens with zero attached hydrogens (tertiary/aromatic N) is 2. The molecule has 0 saturated heterocycles. The second-order valence-electron chi connectivity index (χ2n) is 9.58. The van der Waals surface area contributed by atoms with Crippen LogP contribution < -0.4 is 0 Å². The molecule has 2 saturated carbocycles. The highest BCUT2D eigenvalue weighted by Gasteiger charge is 2.63. The van der Waals surface area contributed by atoms with Crippen molar-refractivity contribution in [1.82, 2.24) is 0 Å². The first-order valence-electron chi connectivity index (χ1n) is 10.5. The molecule has 28 heavy (non-hydrogen) atoms. The Balaban J connectivity index is 1.97. The van der Waals surface area contributed by atoms with Crippen LogP contribution >= 0.6 is 0 Å². The molecule has 0 unspecified atom stereocenters. The van der Waals surface area contributed by atoms with Gasteiger partial charge in [0.1, 0.15) is 0 Å². The molecule has 2 aliphatic carbocycles. The van der Waals surface area contributed by atoms with Crippen LogP contribution in [-0.4, -0.2) is 11.4 Å². The number of hydrogen-bond donors (Lipinski definition) is 0. The lowest BCUT2D eigenvalue weighted by Gasteiger charge is -2.33. The van der Waals surface area contributed by atoms with Gasteiger partial charge in [-0.2, -0.15) is 0 Å². The lowest BCUT2D eigenvalue weighted by molar-refractivity contribution is 0.208. The van der Waals surface area contributed by atoms with Crippen molar-refractivity contribution >= 4 is 22.8 Å². The van der Waals surface area contributed by atoms with Crippen LogP contribution in [0.5, 0.6) is 0 Å². The monoisotopic (exact) mass is 372 g/mol. The largest absolute Gasteiger partial charge is 0.251 e. The Kier molecular flexibility index (Phi) is 4.37. The minimum absolute atomic E-state index is 0.0712. The predicted octanol–water partition coefficient (Wildman–Crippen LogP) is 7.22. The summed E-state index contributed by atoms with van der Waals surface area (Å²) < 4.78 is 0. The zero-order valence-electron chi connectivity index (χ0n) is 18.4. The highest BCUT2D eigenvalue weighted by Crippen LogP contribution is 2.63. The van der Waals surface area contributed by atoms with Gasteiger partial charge in [0.2, 0.25) is 0 Å². The van der Waals surface area contributed by atoms with Gasteiger partial charge in [-0.3, -0.25) is 9.98 Å². The topological polar surface area (TPSA) is 24.7 Å². The van der Waals surface area contributed by atoms with Crippen molar-refractivity contribution in [3.63, 3.8) is 0 Å². The van der Waals surface area contributed by atoms with Crippen molar-refractivity contribution < 1.29 is 0 Å². The molecule has 2 aromatic rings. The zero-order chi connectivity index (χ0) is 20.3. The third-order valence-electron chi connectivity index (χ3n) is 7.66. The molecule has 2 aromatic carbocycles. The Morgan fingerprint density at radius 2 is 1.21 bits per heavy atom. The maximum Gasteiger partial charge on any atom is 0.0693 e. The fourth-order valence-corrected chi connectivity index (χ4v) is 5.36. The van der Waals surface area contributed by atoms with E-state index in [0.717, 1.165) is 11.4 Å². The van der Waals surface area contributed by atoms with E-state index in [9.17, 15) is 0 Å². The van der Waals surface area contributed by atoms with Gasteiger partial charge in [0.15, 0.2) is 0 Å². The van der Waals surface area contributed by atoms with E-state index in [2.05, 4.69) is 84.9 Å². The van der Waals surface area contributed by atoms with Gasteiger partial charge in [0, 0.05) is 11.3 Å². The molecule has 0 spiro atoms. The highest BCUT2D eigenvalue weighted by atomic mass is 14.9. The lowest BCUT2D eigenvalue weighted by Crippen LogP contribution is -2.33. The van der Waals surface area contributed by atoms with Crippen LogP contribution in [-0.2, 0) is 0 Å². The number of fused-ring (bicyclic) bond motifs is 2. The summed E-state index contributed by atoms with van der Waals surface area (Å²) >= 11 is 0. The summed E-state index contributed by atoms with van der Waals surface area (Å²) in [6.07, 6.45) is 2.40. The molecular weight excluding hydrogens is 340 g/mol. The normalized spacial score (nSPS) is 28.5. The van der Waals surface area contributed by atoms with E-state index in [1.54, 1.807) is 0 Å². The Bertz CT molecular complexity index is 969. The number of aryl methyl sites for hydroxylation is 4. The predicted molar refractivity (Wildman–Crippen MR) is 121 cm³/mol. The minimum atomic E-state index is 0.0712. The van der Waals surface area contributed by atoms with E-state index in [4.69, 9.17) is 9.98 Å². The van der Waals surface area contributed by atoms with Crippen LogP contribution in [0.15, 0.2) is 46.4 Å². The Hall–Kier alpha value is -2.22. The van der Waals surface area contributed by atoms with E-state index in [1.165, 1.54) is 46.5 Å². The third kappa shape index (κ3) is 2.61. The van der Waals surface area contributed by atoms with Gasteiger partial charge in [-0.05, 0) is 68.2 Å². The molecular formula is C26H32N2. The number of aliphatic imine (C=N–C) groups is 2. The molecule has 2 atom stereocenters. The second kappa shape index (κ2) is 6.40. The Morgan fingerprint density at radius 3 is 1.71 bits per heavy atom. The van der Waals surface area contributed by atoms with E-state index in [1.807, 2.05) is 0 Å². The summed E-state index contributed by atoms with van der Waals surface area (Å²) in [5.41, 5.74) is 9.89. The Morgan fingerprint density at radius 1 is 0.750 bits per heavy atom. The molecule has 2 fully saturated rings. The van der Waals surface area contributed by atoms with E-state index < -0.39 is 0 Å². The van der Waals surface area contributed by atoms with Gasteiger partial charge in [0.25, 0.3) is 0 Å². The average molecular weight is 373 g/mol. The Labute approximate surface area is 169 Å². The molecule has 146 valence electrons. The minimum Gasteiger partial charge on any atom is -0.251 e. The number of benzene rings is 2. The fourth-order valence-electron chi connectivity index (χ4n) is 5.36. The van der Waals surface area contributed by atoms with Crippen LogP contribution in [0.2, 0.25) is 0 Å². The van der Waals surface area contributed by atoms with Crippen molar-refractivity contribution in [2.45, 2.75) is 61.3 Å². The van der Waals surface area contributed by atoms with Crippen LogP contribution in [0.25, 0.3) is 0 Å². The summed E-state index contributed by atoms with van der Waals surface area (Å²) in [5, 5.41) is 0. The lowest BCUT2D eigenvalue weighted by atomic mass is 9.70. The number of para-hydroxylation sites is 2. The first-order valence-corrected chi connectivity index (χ1v) is 10.5. The van der Waals surface area contributed by atoms with Gasteiger partial charge < -0.3 is 0 Å². The third-order valence-corrected chi connectivity index (χ3v) is 7.66. The maximum absolute atomic E-state index is 5.33. The molecule has 0 N–H and O–H groups in total. The molecule has 0 amide bonds. The van der Waals surface area contributed by atoms with Crippen LogP contribution in [0.1, 0.15) is 55.9 Å². The highest BCUT2D eigenvalue weighted by molar-refractivity contribution is 6.48. The molecule has 2 heteroatoms. The summed E-state index contributed by atoms with van der Waals surface area (Å²) in [5.74, 6) is 0.472.